The van der Waals surface area contributed by atoms with Crippen LogP contribution in [-0.2, 0) is 27.8 Å². The number of benzene rings is 1. The number of ether oxygens (including phenoxy) is 1. The Labute approximate surface area is 180 Å². The number of hydrogen-bond donors (Lipinski definition) is 1. The molecule has 1 aromatic heterocycles. The highest BCUT2D eigenvalue weighted by Crippen LogP contribution is 2.28. The smallest absolute Gasteiger partial charge is 0.252 e. The summed E-state index contributed by atoms with van der Waals surface area (Å²) in [5.41, 5.74) is 0.780. The highest BCUT2D eigenvalue weighted by molar-refractivity contribution is 7.91. The van der Waals surface area contributed by atoms with Crippen molar-refractivity contribution in [3.05, 3.63) is 45.8 Å². The van der Waals surface area contributed by atoms with Gasteiger partial charge in [0.05, 0.1) is 25.1 Å². The van der Waals surface area contributed by atoms with E-state index in [1.807, 2.05) is 0 Å². The Hall–Kier alpha value is -1.61. The average Bonchev–Trinajstić information content (AvgIpc) is 3.17. The molecule has 1 fully saturated rings. The molecule has 2 heterocycles. The fourth-order valence-corrected chi connectivity index (χ4v) is 6.40. The van der Waals surface area contributed by atoms with E-state index in [-0.39, 0.29) is 12.3 Å². The number of nitrogens with one attached hydrogen (secondary N) is 1. The van der Waals surface area contributed by atoms with Crippen LogP contribution < -0.4 is 10.1 Å². The Balaban J connectivity index is 1.56. The lowest BCUT2D eigenvalue weighted by atomic mass is 10.0. The summed E-state index contributed by atoms with van der Waals surface area (Å²) >= 11 is 7.30. The monoisotopic (exact) mass is 456 g/mol. The van der Waals surface area contributed by atoms with E-state index in [1.54, 1.807) is 34.6 Å². The number of methoxy groups -OCH3 is 1. The van der Waals surface area contributed by atoms with Gasteiger partial charge in [-0.15, -0.1) is 11.3 Å². The van der Waals surface area contributed by atoms with Crippen LogP contribution in [0.1, 0.15) is 30.2 Å². The van der Waals surface area contributed by atoms with Crippen LogP contribution in [0.5, 0.6) is 5.75 Å². The maximum Gasteiger partial charge on any atom is 0.252 e. The molecule has 158 valence electrons. The lowest BCUT2D eigenvalue weighted by Crippen LogP contribution is -2.37. The molecule has 1 aromatic carbocycles. The fraction of sp³-hybridized carbons (Fsp3) is 0.450. The lowest BCUT2D eigenvalue weighted by Gasteiger charge is -2.28. The van der Waals surface area contributed by atoms with Gasteiger partial charge in [0.25, 0.3) is 10.0 Å². The van der Waals surface area contributed by atoms with Gasteiger partial charge in [-0.1, -0.05) is 24.6 Å². The van der Waals surface area contributed by atoms with Gasteiger partial charge in [-0.25, -0.2) is 8.42 Å². The number of amides is 1. The fourth-order valence-electron chi connectivity index (χ4n) is 3.20. The van der Waals surface area contributed by atoms with Crippen LogP contribution in [0.2, 0.25) is 5.02 Å². The summed E-state index contributed by atoms with van der Waals surface area (Å²) in [5, 5.41) is 3.29. The standard InChI is InChI=1S/C20H25ClN2O4S2/c1-14-7-9-23(10-8-14)29(25,26)20-6-4-16(28-20)13-22-19(24)12-15-3-5-18(27-2)17(21)11-15/h3-6,11,14H,7-10,12-13H2,1-2H3,(H,22,24). The predicted octanol–water partition coefficient (Wildman–Crippen LogP) is 3.69. The number of sulfonamides is 1. The molecule has 0 atom stereocenters. The van der Waals surface area contributed by atoms with Crippen LogP contribution in [0.25, 0.3) is 0 Å². The van der Waals surface area contributed by atoms with E-state index in [2.05, 4.69) is 12.2 Å². The third-order valence-electron chi connectivity index (χ3n) is 5.01. The third-order valence-corrected chi connectivity index (χ3v) is 8.76. The van der Waals surface area contributed by atoms with Crippen LogP contribution in [0.4, 0.5) is 0 Å². The summed E-state index contributed by atoms with van der Waals surface area (Å²) in [6.45, 7) is 3.57. The molecule has 1 N–H and O–H groups in total. The summed E-state index contributed by atoms with van der Waals surface area (Å²) < 4.78 is 32.6. The molecular formula is C20H25ClN2O4S2. The molecule has 1 saturated heterocycles. The van der Waals surface area contributed by atoms with Gasteiger partial charge in [0.1, 0.15) is 9.96 Å². The first-order valence-electron chi connectivity index (χ1n) is 9.47. The maximum atomic E-state index is 12.8. The van der Waals surface area contributed by atoms with Crippen molar-refractivity contribution < 1.29 is 17.9 Å². The van der Waals surface area contributed by atoms with E-state index in [4.69, 9.17) is 16.3 Å². The predicted molar refractivity (Wildman–Crippen MR) is 115 cm³/mol. The topological polar surface area (TPSA) is 75.7 Å². The Morgan fingerprint density at radius 2 is 2.00 bits per heavy atom. The molecule has 0 unspecified atom stereocenters. The zero-order valence-corrected chi connectivity index (χ0v) is 18.9. The first-order chi connectivity index (χ1) is 13.8. The van der Waals surface area contributed by atoms with Crippen LogP contribution in [-0.4, -0.2) is 38.8 Å². The molecular weight excluding hydrogens is 432 g/mol. The molecule has 0 aliphatic carbocycles. The number of thiophene rings is 1. The van der Waals surface area contributed by atoms with Crippen molar-refractivity contribution in [1.82, 2.24) is 9.62 Å². The Bertz CT molecular complexity index is 967. The van der Waals surface area contributed by atoms with Gasteiger partial charge >= 0.3 is 0 Å². The van der Waals surface area contributed by atoms with Crippen molar-refractivity contribution in [2.75, 3.05) is 20.2 Å². The maximum absolute atomic E-state index is 12.8. The molecule has 0 bridgehead atoms. The third kappa shape index (κ3) is 5.51. The number of carbonyl (C=O) groups is 1. The number of rotatable bonds is 7. The van der Waals surface area contributed by atoms with Gasteiger partial charge in [-0.2, -0.15) is 4.31 Å². The van der Waals surface area contributed by atoms with Crippen molar-refractivity contribution in [3.8, 4) is 5.75 Å². The van der Waals surface area contributed by atoms with Crippen molar-refractivity contribution in [2.24, 2.45) is 5.92 Å². The SMILES string of the molecule is COc1ccc(CC(=O)NCc2ccc(S(=O)(=O)N3CCC(C)CC3)s2)cc1Cl. The molecule has 29 heavy (non-hydrogen) atoms. The Kier molecular flexibility index (Phi) is 7.21. The van der Waals surface area contributed by atoms with E-state index in [0.29, 0.717) is 40.5 Å². The summed E-state index contributed by atoms with van der Waals surface area (Å²) in [7, 11) is -1.91. The molecule has 1 aliphatic rings. The molecule has 1 aliphatic heterocycles. The largest absolute Gasteiger partial charge is 0.495 e. The van der Waals surface area contributed by atoms with Gasteiger partial charge in [-0.05, 0) is 48.6 Å². The molecule has 2 aromatic rings. The normalized spacial score (nSPS) is 16.0. The van der Waals surface area contributed by atoms with Crippen molar-refractivity contribution >= 4 is 38.9 Å². The minimum Gasteiger partial charge on any atom is -0.495 e. The Morgan fingerprint density at radius 1 is 1.28 bits per heavy atom. The second-order valence-electron chi connectivity index (χ2n) is 7.23. The molecule has 6 nitrogen and oxygen atoms in total. The van der Waals surface area contributed by atoms with E-state index in [1.165, 1.54) is 18.4 Å². The van der Waals surface area contributed by atoms with Crippen LogP contribution in [0.15, 0.2) is 34.5 Å². The second kappa shape index (κ2) is 9.47. The van der Waals surface area contributed by atoms with E-state index in [0.717, 1.165) is 23.3 Å². The molecule has 0 spiro atoms. The Morgan fingerprint density at radius 3 is 2.66 bits per heavy atom. The van der Waals surface area contributed by atoms with Gasteiger partial charge in [0.15, 0.2) is 0 Å². The lowest BCUT2D eigenvalue weighted by molar-refractivity contribution is -0.120. The summed E-state index contributed by atoms with van der Waals surface area (Å²) in [6.07, 6.45) is 1.97. The van der Waals surface area contributed by atoms with Crippen LogP contribution in [0, 0.1) is 5.92 Å². The van der Waals surface area contributed by atoms with E-state index < -0.39 is 10.0 Å². The van der Waals surface area contributed by atoms with Crippen molar-refractivity contribution in [1.29, 1.82) is 0 Å². The van der Waals surface area contributed by atoms with Gasteiger partial charge in [0.2, 0.25) is 5.91 Å². The zero-order chi connectivity index (χ0) is 21.0. The first kappa shape index (κ1) is 22.1. The first-order valence-corrected chi connectivity index (χ1v) is 12.1. The summed E-state index contributed by atoms with van der Waals surface area (Å²) in [5.74, 6) is 0.969. The molecule has 3 rings (SSSR count). The molecule has 9 heteroatoms. The summed E-state index contributed by atoms with van der Waals surface area (Å²) in [4.78, 5) is 13.0. The van der Waals surface area contributed by atoms with Crippen LogP contribution >= 0.6 is 22.9 Å². The highest BCUT2D eigenvalue weighted by atomic mass is 35.5. The number of piperidine rings is 1. The number of halogens is 1. The van der Waals surface area contributed by atoms with Gasteiger partial charge in [-0.3, -0.25) is 4.79 Å². The van der Waals surface area contributed by atoms with Crippen molar-refractivity contribution in [2.45, 2.75) is 36.9 Å². The summed E-state index contributed by atoms with van der Waals surface area (Å²) in [6, 6.07) is 8.61. The minimum atomic E-state index is -3.45. The van der Waals surface area contributed by atoms with E-state index >= 15 is 0 Å². The second-order valence-corrected chi connectivity index (χ2v) is 11.0. The molecule has 0 saturated carbocycles. The zero-order valence-electron chi connectivity index (χ0n) is 16.5. The number of carbonyl (C=O) groups excluding carboxylic acids is 1. The molecule has 0 radical (unpaired) electrons. The highest BCUT2D eigenvalue weighted by Gasteiger charge is 2.29. The quantitative estimate of drug-likeness (QED) is 0.689. The van der Waals surface area contributed by atoms with Crippen molar-refractivity contribution in [3.63, 3.8) is 0 Å². The molecule has 1 amide bonds. The number of nitrogens with zero attached hydrogens (tertiary/aromatic N) is 1. The average molecular weight is 457 g/mol. The van der Waals surface area contributed by atoms with E-state index in [9.17, 15) is 13.2 Å². The van der Waals surface area contributed by atoms with Gasteiger partial charge < -0.3 is 10.1 Å². The van der Waals surface area contributed by atoms with Gasteiger partial charge in [0, 0.05) is 18.0 Å². The van der Waals surface area contributed by atoms with Crippen LogP contribution in [0.3, 0.4) is 0 Å². The number of hydrogen-bond acceptors (Lipinski definition) is 5. The minimum absolute atomic E-state index is 0.158.